The van der Waals surface area contributed by atoms with E-state index >= 15 is 0 Å². The molecule has 3 aromatic carbocycles. The van der Waals surface area contributed by atoms with Crippen LogP contribution >= 0.6 is 0 Å². The number of halogens is 1. The maximum Gasteiger partial charge on any atom is 0.294 e. The van der Waals surface area contributed by atoms with Crippen LogP contribution in [0.3, 0.4) is 0 Å². The minimum absolute atomic E-state index is 0.198. The molecule has 4 rings (SSSR count). The zero-order chi connectivity index (χ0) is 28.5. The van der Waals surface area contributed by atoms with Crippen LogP contribution in [0.1, 0.15) is 18.1 Å². The summed E-state index contributed by atoms with van der Waals surface area (Å²) < 4.78 is 14.9. The standard InChI is InChI=1S/C31H32FN5O3/c1-21(33-2)30(39)36-29-31(40)37(27(19-34-29)24-13-15-25(32)16-14-24)20-28(38)35-26(17-22-9-5-3-6-10-22)18-23-11-7-4-8-12-23/h3-16,19,21,26,33H,17-18,20H2,1-2H3,(H,35,38)(H,34,36,39)/t21-/m0/s1. The molecule has 0 fully saturated rings. The van der Waals surface area contributed by atoms with E-state index in [1.165, 1.54) is 35.0 Å². The minimum atomic E-state index is -0.642. The van der Waals surface area contributed by atoms with Gasteiger partial charge in [0.25, 0.3) is 5.56 Å². The molecule has 0 unspecified atom stereocenters. The van der Waals surface area contributed by atoms with Crippen LogP contribution in [0.15, 0.2) is 95.9 Å². The topological polar surface area (TPSA) is 105 Å². The zero-order valence-corrected chi connectivity index (χ0v) is 22.4. The molecule has 0 saturated carbocycles. The third kappa shape index (κ3) is 7.48. The number of hydrogen-bond donors (Lipinski definition) is 3. The number of carbonyl (C=O) groups is 2. The number of likely N-dealkylation sites (N-methyl/N-ethyl adjacent to an activating group) is 1. The number of rotatable bonds is 11. The highest BCUT2D eigenvalue weighted by atomic mass is 19.1. The second-order valence-corrected chi connectivity index (χ2v) is 9.53. The largest absolute Gasteiger partial charge is 0.351 e. The average molecular weight is 542 g/mol. The number of benzene rings is 3. The first-order chi connectivity index (χ1) is 19.3. The molecule has 0 aliphatic carbocycles. The van der Waals surface area contributed by atoms with Crippen molar-refractivity contribution < 1.29 is 14.0 Å². The molecular weight excluding hydrogens is 509 g/mol. The van der Waals surface area contributed by atoms with E-state index in [-0.39, 0.29) is 24.3 Å². The lowest BCUT2D eigenvalue weighted by atomic mass is 9.99. The molecular formula is C31H32FN5O3. The Morgan fingerprint density at radius 1 is 0.900 bits per heavy atom. The maximum atomic E-state index is 13.6. The molecule has 0 bridgehead atoms. The Bertz CT molecular complexity index is 1450. The fraction of sp³-hybridized carbons (Fsp3) is 0.226. The predicted molar refractivity (Wildman–Crippen MR) is 153 cm³/mol. The number of hydrogen-bond acceptors (Lipinski definition) is 5. The van der Waals surface area contributed by atoms with Gasteiger partial charge in [-0.15, -0.1) is 0 Å². The zero-order valence-electron chi connectivity index (χ0n) is 22.4. The Balaban J connectivity index is 1.63. The quantitative estimate of drug-likeness (QED) is 0.269. The smallest absolute Gasteiger partial charge is 0.294 e. The lowest BCUT2D eigenvalue weighted by molar-refractivity contribution is -0.122. The molecule has 3 N–H and O–H groups in total. The Labute approximate surface area is 232 Å². The molecule has 0 saturated heterocycles. The molecule has 0 aliphatic rings. The fourth-order valence-electron chi connectivity index (χ4n) is 4.33. The summed E-state index contributed by atoms with van der Waals surface area (Å²) in [6.07, 6.45) is 2.59. The average Bonchev–Trinajstić information content (AvgIpc) is 2.96. The van der Waals surface area contributed by atoms with Crippen LogP contribution in [0.4, 0.5) is 10.2 Å². The highest BCUT2D eigenvalue weighted by molar-refractivity contribution is 5.93. The van der Waals surface area contributed by atoms with Crippen molar-refractivity contribution >= 4 is 17.6 Å². The fourth-order valence-corrected chi connectivity index (χ4v) is 4.33. The Morgan fingerprint density at radius 3 is 2.02 bits per heavy atom. The van der Waals surface area contributed by atoms with Gasteiger partial charge in [0.2, 0.25) is 11.8 Å². The van der Waals surface area contributed by atoms with E-state index in [2.05, 4.69) is 20.9 Å². The van der Waals surface area contributed by atoms with Crippen molar-refractivity contribution in [3.05, 3.63) is 118 Å². The highest BCUT2D eigenvalue weighted by Crippen LogP contribution is 2.19. The Morgan fingerprint density at radius 2 is 1.48 bits per heavy atom. The lowest BCUT2D eigenvalue weighted by Gasteiger charge is -2.21. The van der Waals surface area contributed by atoms with Gasteiger partial charge in [-0.25, -0.2) is 9.37 Å². The van der Waals surface area contributed by atoms with Crippen LogP contribution in [0.5, 0.6) is 0 Å². The van der Waals surface area contributed by atoms with Gasteiger partial charge >= 0.3 is 0 Å². The van der Waals surface area contributed by atoms with Crippen molar-refractivity contribution in [2.45, 2.75) is 38.4 Å². The molecule has 9 heteroatoms. The van der Waals surface area contributed by atoms with Crippen molar-refractivity contribution in [3.63, 3.8) is 0 Å². The van der Waals surface area contributed by atoms with Crippen LogP contribution in [-0.4, -0.2) is 40.5 Å². The van der Waals surface area contributed by atoms with Crippen LogP contribution < -0.4 is 21.5 Å². The molecule has 1 heterocycles. The molecule has 0 aliphatic heterocycles. The second-order valence-electron chi connectivity index (χ2n) is 9.53. The van der Waals surface area contributed by atoms with Gasteiger partial charge in [0.05, 0.1) is 17.9 Å². The van der Waals surface area contributed by atoms with E-state index in [1.54, 1.807) is 14.0 Å². The molecule has 0 spiro atoms. The van der Waals surface area contributed by atoms with Gasteiger partial charge < -0.3 is 16.0 Å². The summed E-state index contributed by atoms with van der Waals surface area (Å²) in [5, 5.41) is 8.43. The normalized spacial score (nSPS) is 11.7. The summed E-state index contributed by atoms with van der Waals surface area (Å²) in [6.45, 7) is 1.33. The lowest BCUT2D eigenvalue weighted by Crippen LogP contribution is -2.42. The third-order valence-electron chi connectivity index (χ3n) is 6.58. The molecule has 206 valence electrons. The second kappa shape index (κ2) is 13.4. The van der Waals surface area contributed by atoms with Crippen molar-refractivity contribution in [3.8, 4) is 11.3 Å². The van der Waals surface area contributed by atoms with Crippen molar-refractivity contribution in [1.82, 2.24) is 20.2 Å². The van der Waals surface area contributed by atoms with E-state index in [0.717, 1.165) is 11.1 Å². The number of anilines is 1. The molecule has 1 aromatic heterocycles. The number of carbonyl (C=O) groups excluding carboxylic acids is 2. The molecule has 2 amide bonds. The highest BCUT2D eigenvalue weighted by Gasteiger charge is 2.20. The van der Waals surface area contributed by atoms with Gasteiger partial charge in [0.1, 0.15) is 12.4 Å². The van der Waals surface area contributed by atoms with E-state index in [4.69, 9.17) is 0 Å². The first-order valence-electron chi connectivity index (χ1n) is 13.0. The van der Waals surface area contributed by atoms with Crippen LogP contribution in [0.2, 0.25) is 0 Å². The predicted octanol–water partition coefficient (Wildman–Crippen LogP) is 3.57. The Kier molecular flexibility index (Phi) is 9.53. The summed E-state index contributed by atoms with van der Waals surface area (Å²) >= 11 is 0. The number of aromatic nitrogens is 2. The monoisotopic (exact) mass is 541 g/mol. The van der Waals surface area contributed by atoms with Crippen LogP contribution in [-0.2, 0) is 29.0 Å². The van der Waals surface area contributed by atoms with E-state index in [1.807, 2.05) is 60.7 Å². The molecule has 40 heavy (non-hydrogen) atoms. The Hall–Kier alpha value is -4.63. The summed E-state index contributed by atoms with van der Waals surface area (Å²) in [5.74, 6) is -1.45. The minimum Gasteiger partial charge on any atom is -0.351 e. The van der Waals surface area contributed by atoms with Gasteiger partial charge in [0.15, 0.2) is 5.82 Å². The molecule has 4 aromatic rings. The van der Waals surface area contributed by atoms with E-state index in [9.17, 15) is 18.8 Å². The summed E-state index contributed by atoms with van der Waals surface area (Å²) in [4.78, 5) is 43.5. The van der Waals surface area contributed by atoms with Gasteiger partial charge in [-0.2, -0.15) is 0 Å². The SMILES string of the molecule is CN[C@@H](C)C(=O)Nc1ncc(-c2ccc(F)cc2)n(CC(=O)NC(Cc2ccccc2)Cc2ccccc2)c1=O. The van der Waals surface area contributed by atoms with Crippen molar-refractivity contribution in [2.24, 2.45) is 0 Å². The van der Waals surface area contributed by atoms with Crippen molar-refractivity contribution in [2.75, 3.05) is 12.4 Å². The van der Waals surface area contributed by atoms with E-state index in [0.29, 0.717) is 24.1 Å². The summed E-state index contributed by atoms with van der Waals surface area (Å²) in [5.41, 5.74) is 2.32. The van der Waals surface area contributed by atoms with E-state index < -0.39 is 23.3 Å². The maximum absolute atomic E-state index is 13.6. The first-order valence-corrected chi connectivity index (χ1v) is 13.0. The summed E-state index contributed by atoms with van der Waals surface area (Å²) in [7, 11) is 1.62. The summed E-state index contributed by atoms with van der Waals surface area (Å²) in [6, 6.07) is 24.5. The van der Waals surface area contributed by atoms with Crippen LogP contribution in [0, 0.1) is 5.82 Å². The van der Waals surface area contributed by atoms with Crippen molar-refractivity contribution in [1.29, 1.82) is 0 Å². The number of amides is 2. The molecule has 1 atom stereocenters. The van der Waals surface area contributed by atoms with Crippen LogP contribution in [0.25, 0.3) is 11.3 Å². The number of nitrogens with zero attached hydrogens (tertiary/aromatic N) is 2. The van der Waals surface area contributed by atoms with Gasteiger partial charge in [0, 0.05) is 11.6 Å². The third-order valence-corrected chi connectivity index (χ3v) is 6.58. The van der Waals surface area contributed by atoms with Gasteiger partial charge in [-0.3, -0.25) is 19.0 Å². The van der Waals surface area contributed by atoms with Gasteiger partial charge in [-0.05, 0) is 62.2 Å². The molecule has 0 radical (unpaired) electrons. The molecule has 8 nitrogen and oxygen atoms in total. The first kappa shape index (κ1) is 28.4. The number of nitrogens with one attached hydrogen (secondary N) is 3. The van der Waals surface area contributed by atoms with Gasteiger partial charge in [-0.1, -0.05) is 60.7 Å².